The van der Waals surface area contributed by atoms with Crippen LogP contribution in [0.4, 0.5) is 11.4 Å². The van der Waals surface area contributed by atoms with Crippen molar-refractivity contribution in [2.24, 2.45) is 0 Å². The van der Waals surface area contributed by atoms with Gasteiger partial charge >= 0.3 is 0 Å². The van der Waals surface area contributed by atoms with Crippen LogP contribution in [-0.2, 0) is 4.79 Å². The van der Waals surface area contributed by atoms with E-state index in [-0.39, 0.29) is 11.8 Å². The largest absolute Gasteiger partial charge is 0.457 e. The number of para-hydroxylation sites is 1. The number of carbonyl (C=O) groups is 2. The maximum atomic E-state index is 12.4. The second kappa shape index (κ2) is 8.19. The Morgan fingerprint density at radius 1 is 0.815 bits per heavy atom. The Kier molecular flexibility index (Phi) is 5.52. The molecule has 2 amide bonds. The van der Waals surface area contributed by atoms with E-state index in [2.05, 4.69) is 5.32 Å². The molecule has 0 heterocycles. The van der Waals surface area contributed by atoms with Crippen molar-refractivity contribution in [3.05, 3.63) is 84.4 Å². The first-order valence-electron chi connectivity index (χ1n) is 8.51. The Morgan fingerprint density at radius 2 is 1.41 bits per heavy atom. The standard InChI is InChI=1S/C22H20N2O3/c1-16(25)24(2)19-12-10-18(11-13-19)23-22(26)17-8-14-21(15-9-17)27-20-6-4-3-5-7-20/h3-15H,1-2H3,(H,23,26). The zero-order chi connectivity index (χ0) is 19.2. The average Bonchev–Trinajstić information content (AvgIpc) is 2.69. The minimum Gasteiger partial charge on any atom is -0.457 e. The normalized spacial score (nSPS) is 10.1. The Hall–Kier alpha value is -3.60. The van der Waals surface area contributed by atoms with Gasteiger partial charge in [-0.05, 0) is 60.7 Å². The highest BCUT2D eigenvalue weighted by Gasteiger charge is 2.08. The molecule has 5 heteroatoms. The lowest BCUT2D eigenvalue weighted by Crippen LogP contribution is -2.22. The van der Waals surface area contributed by atoms with Crippen LogP contribution in [0.25, 0.3) is 0 Å². The number of rotatable bonds is 5. The van der Waals surface area contributed by atoms with Crippen LogP contribution >= 0.6 is 0 Å². The van der Waals surface area contributed by atoms with Gasteiger partial charge in [0.15, 0.2) is 0 Å². The van der Waals surface area contributed by atoms with Gasteiger partial charge in [0.25, 0.3) is 5.91 Å². The number of amides is 2. The third-order valence-corrected chi connectivity index (χ3v) is 4.08. The van der Waals surface area contributed by atoms with Crippen LogP contribution in [0.5, 0.6) is 11.5 Å². The Balaban J connectivity index is 1.63. The molecule has 136 valence electrons. The first kappa shape index (κ1) is 18.2. The van der Waals surface area contributed by atoms with Crippen molar-refractivity contribution >= 4 is 23.2 Å². The third-order valence-electron chi connectivity index (χ3n) is 4.08. The third kappa shape index (κ3) is 4.73. The van der Waals surface area contributed by atoms with Gasteiger partial charge in [0.2, 0.25) is 5.91 Å². The lowest BCUT2D eigenvalue weighted by molar-refractivity contribution is -0.116. The van der Waals surface area contributed by atoms with Crippen molar-refractivity contribution in [2.45, 2.75) is 6.92 Å². The molecule has 0 atom stereocenters. The van der Waals surface area contributed by atoms with Crippen molar-refractivity contribution in [1.29, 1.82) is 0 Å². The first-order chi connectivity index (χ1) is 13.0. The molecule has 0 bridgehead atoms. The van der Waals surface area contributed by atoms with E-state index in [4.69, 9.17) is 4.74 Å². The summed E-state index contributed by atoms with van der Waals surface area (Å²) in [6.07, 6.45) is 0. The molecule has 0 saturated heterocycles. The van der Waals surface area contributed by atoms with Crippen molar-refractivity contribution in [2.75, 3.05) is 17.3 Å². The Bertz CT molecular complexity index is 920. The van der Waals surface area contributed by atoms with E-state index in [1.807, 2.05) is 30.3 Å². The maximum Gasteiger partial charge on any atom is 0.255 e. The summed E-state index contributed by atoms with van der Waals surface area (Å²) < 4.78 is 5.72. The van der Waals surface area contributed by atoms with E-state index >= 15 is 0 Å². The fourth-order valence-electron chi connectivity index (χ4n) is 2.45. The van der Waals surface area contributed by atoms with E-state index in [9.17, 15) is 9.59 Å². The summed E-state index contributed by atoms with van der Waals surface area (Å²) in [6, 6.07) is 23.5. The molecule has 3 aromatic rings. The second-order valence-corrected chi connectivity index (χ2v) is 6.02. The zero-order valence-corrected chi connectivity index (χ0v) is 15.2. The molecule has 0 aliphatic heterocycles. The van der Waals surface area contributed by atoms with Crippen LogP contribution in [0.15, 0.2) is 78.9 Å². The van der Waals surface area contributed by atoms with E-state index in [0.717, 1.165) is 11.4 Å². The molecule has 5 nitrogen and oxygen atoms in total. The monoisotopic (exact) mass is 360 g/mol. The van der Waals surface area contributed by atoms with Crippen LogP contribution in [-0.4, -0.2) is 18.9 Å². The number of carbonyl (C=O) groups excluding carboxylic acids is 2. The van der Waals surface area contributed by atoms with E-state index in [1.165, 1.54) is 11.8 Å². The summed E-state index contributed by atoms with van der Waals surface area (Å²) in [4.78, 5) is 25.3. The minimum atomic E-state index is -0.214. The molecule has 3 rings (SSSR count). The number of hydrogen-bond donors (Lipinski definition) is 1. The lowest BCUT2D eigenvalue weighted by Gasteiger charge is -2.15. The molecule has 3 aromatic carbocycles. The van der Waals surface area contributed by atoms with Gasteiger partial charge in [-0.1, -0.05) is 18.2 Å². The molecule has 0 fully saturated rings. The second-order valence-electron chi connectivity index (χ2n) is 6.02. The summed E-state index contributed by atoms with van der Waals surface area (Å²) in [5.41, 5.74) is 1.95. The number of hydrogen-bond acceptors (Lipinski definition) is 3. The zero-order valence-electron chi connectivity index (χ0n) is 15.2. The SMILES string of the molecule is CC(=O)N(C)c1ccc(NC(=O)c2ccc(Oc3ccccc3)cc2)cc1. The van der Waals surface area contributed by atoms with Gasteiger partial charge in [0.05, 0.1) is 0 Å². The van der Waals surface area contributed by atoms with Crippen molar-refractivity contribution < 1.29 is 14.3 Å². The van der Waals surface area contributed by atoms with Gasteiger partial charge in [0.1, 0.15) is 11.5 Å². The van der Waals surface area contributed by atoms with Crippen LogP contribution in [0.3, 0.4) is 0 Å². The predicted molar refractivity (Wildman–Crippen MR) is 106 cm³/mol. The number of ether oxygens (including phenoxy) is 1. The van der Waals surface area contributed by atoms with Gasteiger partial charge in [-0.2, -0.15) is 0 Å². The van der Waals surface area contributed by atoms with Crippen molar-refractivity contribution in [1.82, 2.24) is 0 Å². The summed E-state index contributed by atoms with van der Waals surface area (Å²) in [5, 5.41) is 2.84. The highest BCUT2D eigenvalue weighted by Crippen LogP contribution is 2.22. The molecule has 0 saturated carbocycles. The molecular weight excluding hydrogens is 340 g/mol. The predicted octanol–water partition coefficient (Wildman–Crippen LogP) is 4.71. The number of nitrogens with one attached hydrogen (secondary N) is 1. The molecule has 1 N–H and O–H groups in total. The molecule has 0 spiro atoms. The molecule has 0 radical (unpaired) electrons. The van der Waals surface area contributed by atoms with E-state index in [0.29, 0.717) is 17.0 Å². The van der Waals surface area contributed by atoms with Crippen LogP contribution < -0.4 is 15.0 Å². The summed E-state index contributed by atoms with van der Waals surface area (Å²) in [7, 11) is 1.70. The Labute approximate surface area is 158 Å². The molecule has 0 aliphatic carbocycles. The van der Waals surface area contributed by atoms with Crippen LogP contribution in [0.1, 0.15) is 17.3 Å². The molecule has 27 heavy (non-hydrogen) atoms. The van der Waals surface area contributed by atoms with E-state index in [1.54, 1.807) is 55.6 Å². The Morgan fingerprint density at radius 3 is 2.00 bits per heavy atom. The van der Waals surface area contributed by atoms with Crippen molar-refractivity contribution in [3.63, 3.8) is 0 Å². The topological polar surface area (TPSA) is 58.6 Å². The fraction of sp³-hybridized carbons (Fsp3) is 0.0909. The molecule has 0 aromatic heterocycles. The smallest absolute Gasteiger partial charge is 0.255 e. The minimum absolute atomic E-state index is 0.0513. The van der Waals surface area contributed by atoms with Crippen LogP contribution in [0.2, 0.25) is 0 Å². The quantitative estimate of drug-likeness (QED) is 0.717. The summed E-state index contributed by atoms with van der Waals surface area (Å²) >= 11 is 0. The van der Waals surface area contributed by atoms with Crippen molar-refractivity contribution in [3.8, 4) is 11.5 Å². The fourth-order valence-corrected chi connectivity index (χ4v) is 2.45. The molecular formula is C22H20N2O3. The number of nitrogens with zero attached hydrogens (tertiary/aromatic N) is 1. The maximum absolute atomic E-state index is 12.4. The highest BCUT2D eigenvalue weighted by molar-refractivity contribution is 6.04. The van der Waals surface area contributed by atoms with Gasteiger partial charge < -0.3 is 15.0 Å². The van der Waals surface area contributed by atoms with Gasteiger partial charge in [-0.25, -0.2) is 0 Å². The van der Waals surface area contributed by atoms with Gasteiger partial charge in [0, 0.05) is 30.9 Å². The number of anilines is 2. The van der Waals surface area contributed by atoms with Gasteiger partial charge in [-0.3, -0.25) is 9.59 Å². The lowest BCUT2D eigenvalue weighted by atomic mass is 10.2. The average molecular weight is 360 g/mol. The van der Waals surface area contributed by atoms with Gasteiger partial charge in [-0.15, -0.1) is 0 Å². The summed E-state index contributed by atoms with van der Waals surface area (Å²) in [6.45, 7) is 1.50. The first-order valence-corrected chi connectivity index (χ1v) is 8.51. The molecule has 0 unspecified atom stereocenters. The highest BCUT2D eigenvalue weighted by atomic mass is 16.5. The number of benzene rings is 3. The summed E-state index contributed by atoms with van der Waals surface area (Å²) in [5.74, 6) is 1.14. The van der Waals surface area contributed by atoms with Crippen LogP contribution in [0, 0.1) is 0 Å². The van der Waals surface area contributed by atoms with E-state index < -0.39 is 0 Å². The molecule has 0 aliphatic rings.